The molecule has 0 saturated carbocycles. The van der Waals surface area contributed by atoms with Gasteiger partial charge in [0.2, 0.25) is 11.8 Å². The van der Waals surface area contributed by atoms with E-state index in [0.29, 0.717) is 34.6 Å². The molecule has 2 heterocycles. The summed E-state index contributed by atoms with van der Waals surface area (Å²) in [4.78, 5) is 12.3. The fraction of sp³-hybridized carbons (Fsp3) is 0.188. The van der Waals surface area contributed by atoms with Crippen LogP contribution in [0.1, 0.15) is 6.92 Å². The second-order valence-electron chi connectivity index (χ2n) is 4.94. The van der Waals surface area contributed by atoms with Crippen LogP contribution in [0.25, 0.3) is 5.65 Å². The van der Waals surface area contributed by atoms with Gasteiger partial charge in [0.05, 0.1) is 19.4 Å². The van der Waals surface area contributed by atoms with Crippen LogP contribution < -0.4 is 20.1 Å². The zero-order valence-corrected chi connectivity index (χ0v) is 14.4. The number of hydrogen-bond donors (Lipinski definition) is 2. The summed E-state index contributed by atoms with van der Waals surface area (Å²) in [5, 5.41) is 13.8. The van der Waals surface area contributed by atoms with Crippen molar-refractivity contribution in [3.63, 3.8) is 0 Å². The molecule has 0 radical (unpaired) electrons. The number of urea groups is 1. The van der Waals surface area contributed by atoms with Crippen LogP contribution in [0.15, 0.2) is 36.4 Å². The van der Waals surface area contributed by atoms with Gasteiger partial charge < -0.3 is 14.8 Å². The fourth-order valence-corrected chi connectivity index (χ4v) is 2.46. The number of carbonyl (C=O) groups is 1. The number of aromatic nitrogens is 3. The average molecular weight is 362 g/mol. The summed E-state index contributed by atoms with van der Waals surface area (Å²) < 4.78 is 12.4. The second kappa shape index (κ2) is 7.27. The van der Waals surface area contributed by atoms with Crippen molar-refractivity contribution in [1.29, 1.82) is 0 Å². The predicted octanol–water partition coefficient (Wildman–Crippen LogP) is 3.43. The first-order chi connectivity index (χ1) is 12.1. The van der Waals surface area contributed by atoms with E-state index in [4.69, 9.17) is 21.1 Å². The number of amides is 2. The van der Waals surface area contributed by atoms with Gasteiger partial charge in [0.15, 0.2) is 5.65 Å². The third kappa shape index (κ3) is 3.58. The van der Waals surface area contributed by atoms with E-state index in [1.807, 2.05) is 6.92 Å². The van der Waals surface area contributed by atoms with Gasteiger partial charge in [-0.1, -0.05) is 17.7 Å². The Bertz CT molecular complexity index is 912. The molecule has 0 spiro atoms. The molecule has 130 valence electrons. The Morgan fingerprint density at radius 1 is 1.24 bits per heavy atom. The SMILES string of the molecule is CCOc1cccc2nnc(NC(=O)Nc3cc(Cl)ccc3OC)n12. The van der Waals surface area contributed by atoms with Gasteiger partial charge in [-0.25, -0.2) is 9.20 Å². The summed E-state index contributed by atoms with van der Waals surface area (Å²) in [6.45, 7) is 2.34. The summed E-state index contributed by atoms with van der Waals surface area (Å²) >= 11 is 5.96. The van der Waals surface area contributed by atoms with E-state index in [2.05, 4.69) is 20.8 Å². The molecule has 3 rings (SSSR count). The molecule has 0 unspecified atom stereocenters. The number of benzene rings is 1. The molecule has 0 atom stereocenters. The minimum Gasteiger partial charge on any atom is -0.495 e. The fourth-order valence-electron chi connectivity index (χ4n) is 2.29. The molecule has 2 aromatic heterocycles. The highest BCUT2D eigenvalue weighted by atomic mass is 35.5. The van der Waals surface area contributed by atoms with Crippen LogP contribution in [0, 0.1) is 0 Å². The summed E-state index contributed by atoms with van der Waals surface area (Å²) in [5.41, 5.74) is 0.993. The normalized spacial score (nSPS) is 10.5. The highest BCUT2D eigenvalue weighted by Crippen LogP contribution is 2.28. The van der Waals surface area contributed by atoms with Crippen LogP contribution in [0.4, 0.5) is 16.4 Å². The lowest BCUT2D eigenvalue weighted by molar-refractivity contribution is 0.261. The molecular weight excluding hydrogens is 346 g/mol. The first-order valence-corrected chi connectivity index (χ1v) is 7.88. The Hall–Kier alpha value is -3.00. The Morgan fingerprint density at radius 2 is 2.08 bits per heavy atom. The van der Waals surface area contributed by atoms with Gasteiger partial charge in [-0.2, -0.15) is 0 Å². The molecule has 0 aliphatic carbocycles. The highest BCUT2D eigenvalue weighted by Gasteiger charge is 2.14. The third-order valence-corrected chi connectivity index (χ3v) is 3.55. The second-order valence-corrected chi connectivity index (χ2v) is 5.37. The lowest BCUT2D eigenvalue weighted by Crippen LogP contribution is -2.21. The maximum atomic E-state index is 12.3. The monoisotopic (exact) mass is 361 g/mol. The number of ether oxygens (including phenoxy) is 2. The number of nitrogens with one attached hydrogen (secondary N) is 2. The molecule has 0 aliphatic heterocycles. The van der Waals surface area contributed by atoms with Gasteiger partial charge in [-0.05, 0) is 37.3 Å². The third-order valence-electron chi connectivity index (χ3n) is 3.32. The molecule has 1 aromatic carbocycles. The van der Waals surface area contributed by atoms with E-state index in [9.17, 15) is 4.79 Å². The maximum Gasteiger partial charge on any atom is 0.326 e. The predicted molar refractivity (Wildman–Crippen MR) is 94.8 cm³/mol. The summed E-state index contributed by atoms with van der Waals surface area (Å²) in [7, 11) is 1.51. The molecule has 9 heteroatoms. The van der Waals surface area contributed by atoms with Crippen LogP contribution in [0.3, 0.4) is 0 Å². The molecule has 25 heavy (non-hydrogen) atoms. The van der Waals surface area contributed by atoms with Crippen LogP contribution in [-0.2, 0) is 0 Å². The van der Waals surface area contributed by atoms with E-state index in [1.165, 1.54) is 7.11 Å². The van der Waals surface area contributed by atoms with Crippen molar-refractivity contribution in [3.8, 4) is 11.6 Å². The van der Waals surface area contributed by atoms with Crippen molar-refractivity contribution >= 4 is 34.9 Å². The van der Waals surface area contributed by atoms with Crippen molar-refractivity contribution in [2.45, 2.75) is 6.92 Å². The van der Waals surface area contributed by atoms with Crippen LogP contribution >= 0.6 is 11.6 Å². The minimum absolute atomic E-state index is 0.234. The number of pyridine rings is 1. The highest BCUT2D eigenvalue weighted by molar-refractivity contribution is 6.31. The van der Waals surface area contributed by atoms with Crippen LogP contribution in [0.2, 0.25) is 5.02 Å². The average Bonchev–Trinajstić information content (AvgIpc) is 2.99. The van der Waals surface area contributed by atoms with Gasteiger partial charge in [-0.3, -0.25) is 5.32 Å². The van der Waals surface area contributed by atoms with E-state index in [0.717, 1.165) is 0 Å². The molecule has 0 fully saturated rings. The van der Waals surface area contributed by atoms with Crippen molar-refractivity contribution < 1.29 is 14.3 Å². The van der Waals surface area contributed by atoms with Gasteiger partial charge in [-0.15, -0.1) is 10.2 Å². The zero-order chi connectivity index (χ0) is 17.8. The van der Waals surface area contributed by atoms with Gasteiger partial charge >= 0.3 is 6.03 Å². The number of hydrogen-bond acceptors (Lipinski definition) is 5. The smallest absolute Gasteiger partial charge is 0.326 e. The number of carbonyl (C=O) groups excluding carboxylic acids is 1. The van der Waals surface area contributed by atoms with E-state index in [-0.39, 0.29) is 5.95 Å². The lowest BCUT2D eigenvalue weighted by atomic mass is 10.3. The number of nitrogens with zero attached hydrogens (tertiary/aromatic N) is 3. The number of methoxy groups -OCH3 is 1. The van der Waals surface area contributed by atoms with E-state index < -0.39 is 6.03 Å². The van der Waals surface area contributed by atoms with Crippen LogP contribution in [-0.4, -0.2) is 34.3 Å². The van der Waals surface area contributed by atoms with E-state index >= 15 is 0 Å². The molecule has 3 aromatic rings. The van der Waals surface area contributed by atoms with Crippen molar-refractivity contribution in [2.75, 3.05) is 24.4 Å². The number of anilines is 2. The summed E-state index contributed by atoms with van der Waals surface area (Å²) in [5.74, 6) is 1.25. The van der Waals surface area contributed by atoms with Gasteiger partial charge in [0, 0.05) is 5.02 Å². The standard InChI is InChI=1S/C16H16ClN5O3/c1-3-25-14-6-4-5-13-20-21-15(22(13)14)19-16(23)18-11-9-10(17)7-8-12(11)24-2/h4-9H,3H2,1-2H3,(H2,18,19,21,23). The Balaban J connectivity index is 1.84. The molecule has 2 amide bonds. The molecule has 0 saturated heterocycles. The minimum atomic E-state index is -0.513. The molecular formula is C16H16ClN5O3. The van der Waals surface area contributed by atoms with Crippen molar-refractivity contribution in [2.24, 2.45) is 0 Å². The molecule has 2 N–H and O–H groups in total. The van der Waals surface area contributed by atoms with Crippen molar-refractivity contribution in [3.05, 3.63) is 41.4 Å². The topological polar surface area (TPSA) is 89.8 Å². The Morgan fingerprint density at radius 3 is 2.84 bits per heavy atom. The van der Waals surface area contributed by atoms with E-state index in [1.54, 1.807) is 40.8 Å². The Labute approximate surface area is 148 Å². The first-order valence-electron chi connectivity index (χ1n) is 7.51. The lowest BCUT2D eigenvalue weighted by Gasteiger charge is -2.12. The molecule has 0 aliphatic rings. The summed E-state index contributed by atoms with van der Waals surface area (Å²) in [6, 6.07) is 9.74. The number of fused-ring (bicyclic) bond motifs is 1. The van der Waals surface area contributed by atoms with Gasteiger partial charge in [0.25, 0.3) is 0 Å². The largest absolute Gasteiger partial charge is 0.495 e. The first kappa shape index (κ1) is 16.8. The summed E-state index contributed by atoms with van der Waals surface area (Å²) in [6.07, 6.45) is 0. The quantitative estimate of drug-likeness (QED) is 0.726. The molecule has 8 nitrogen and oxygen atoms in total. The maximum absolute atomic E-state index is 12.3. The number of halogens is 1. The Kier molecular flexibility index (Phi) is 4.90. The zero-order valence-electron chi connectivity index (χ0n) is 13.6. The molecule has 0 bridgehead atoms. The van der Waals surface area contributed by atoms with Gasteiger partial charge in [0.1, 0.15) is 5.75 Å². The number of rotatable bonds is 5. The van der Waals surface area contributed by atoms with Crippen molar-refractivity contribution in [1.82, 2.24) is 14.6 Å². The van der Waals surface area contributed by atoms with Crippen LogP contribution in [0.5, 0.6) is 11.6 Å².